The van der Waals surface area contributed by atoms with Crippen LogP contribution in [0.4, 0.5) is 0 Å². The fourth-order valence-corrected chi connectivity index (χ4v) is 0. The molecular weight excluding hydrogens is 60.1 g/mol. The standard InChI is InChI=1S/C5H9/c1-4-5(2)3/h2-4H2,1H3. The monoisotopic (exact) mass is 69.1 g/mol. The van der Waals surface area contributed by atoms with Crippen molar-refractivity contribution in [2.45, 2.75) is 13.3 Å². The topological polar surface area (TPSA) is 0 Å². The first-order valence-corrected chi connectivity index (χ1v) is 1.77. The highest BCUT2D eigenvalue weighted by Crippen LogP contribution is 1.87. The van der Waals surface area contributed by atoms with Crippen molar-refractivity contribution in [3.05, 3.63) is 19.1 Å². The molecule has 0 aliphatic heterocycles. The Morgan fingerprint density at radius 3 is 2.00 bits per heavy atom. The van der Waals surface area contributed by atoms with Gasteiger partial charge in [-0.25, -0.2) is 0 Å². The first-order chi connectivity index (χ1) is 2.27. The van der Waals surface area contributed by atoms with Crippen LogP contribution < -0.4 is 0 Å². The van der Waals surface area contributed by atoms with E-state index in [0.717, 1.165) is 12.0 Å². The molecule has 1 radical (unpaired) electrons. The Kier molecular flexibility index (Phi) is 1.90. The highest BCUT2D eigenvalue weighted by molar-refractivity contribution is 4.94. The lowest BCUT2D eigenvalue weighted by Gasteiger charge is -1.79. The Balaban J connectivity index is 2.85. The molecule has 0 aromatic rings. The summed E-state index contributed by atoms with van der Waals surface area (Å²) in [6.07, 6.45) is 1.00. The summed E-state index contributed by atoms with van der Waals surface area (Å²) in [7, 11) is 0. The van der Waals surface area contributed by atoms with Crippen LogP contribution in [-0.2, 0) is 0 Å². The summed E-state index contributed by atoms with van der Waals surface area (Å²) in [6.45, 7) is 9.16. The van der Waals surface area contributed by atoms with E-state index >= 15 is 0 Å². The smallest absolute Gasteiger partial charge is 0.0286 e. The second-order valence-electron chi connectivity index (χ2n) is 1.10. The molecule has 0 aromatic heterocycles. The van der Waals surface area contributed by atoms with Crippen molar-refractivity contribution in [1.29, 1.82) is 0 Å². The van der Waals surface area contributed by atoms with Gasteiger partial charge in [0.1, 0.15) is 0 Å². The summed E-state index contributed by atoms with van der Waals surface area (Å²) < 4.78 is 0. The second-order valence-corrected chi connectivity index (χ2v) is 1.10. The Bertz CT molecular complexity index is 35.3. The van der Waals surface area contributed by atoms with Crippen LogP contribution in [0.5, 0.6) is 0 Å². The molecule has 0 unspecified atom stereocenters. The maximum absolute atomic E-state index is 3.56. The Morgan fingerprint density at radius 1 is 1.80 bits per heavy atom. The van der Waals surface area contributed by atoms with E-state index in [1.54, 1.807) is 0 Å². The van der Waals surface area contributed by atoms with Gasteiger partial charge >= 0.3 is 0 Å². The lowest BCUT2D eigenvalue weighted by Crippen LogP contribution is -1.59. The molecule has 0 amide bonds. The third kappa shape index (κ3) is 3.74. The molecule has 0 heterocycles. The zero-order valence-electron chi connectivity index (χ0n) is 3.62. The number of hydrogen-bond donors (Lipinski definition) is 0. The van der Waals surface area contributed by atoms with Crippen LogP contribution in [0.15, 0.2) is 12.2 Å². The quantitative estimate of drug-likeness (QED) is 0.440. The highest BCUT2D eigenvalue weighted by Gasteiger charge is 1.68. The maximum atomic E-state index is 3.56. The molecule has 5 heavy (non-hydrogen) atoms. The number of rotatable bonds is 1. The van der Waals surface area contributed by atoms with Crippen molar-refractivity contribution in [3.63, 3.8) is 0 Å². The summed E-state index contributed by atoms with van der Waals surface area (Å²) in [6, 6.07) is 0. The van der Waals surface area contributed by atoms with Crippen molar-refractivity contribution >= 4 is 0 Å². The number of allylic oxidation sites excluding steroid dienone is 1. The van der Waals surface area contributed by atoms with Gasteiger partial charge in [-0.2, -0.15) is 0 Å². The fourth-order valence-electron chi connectivity index (χ4n) is 0. The zero-order valence-corrected chi connectivity index (χ0v) is 3.62. The van der Waals surface area contributed by atoms with Gasteiger partial charge in [0.25, 0.3) is 0 Å². The van der Waals surface area contributed by atoms with E-state index in [9.17, 15) is 0 Å². The summed E-state index contributed by atoms with van der Waals surface area (Å²) in [5, 5.41) is 0. The first-order valence-electron chi connectivity index (χ1n) is 1.77. The fraction of sp³-hybridized carbons (Fsp3) is 0.400. The van der Waals surface area contributed by atoms with Crippen molar-refractivity contribution < 1.29 is 0 Å². The average molecular weight is 69.1 g/mol. The van der Waals surface area contributed by atoms with Crippen molar-refractivity contribution in [3.8, 4) is 0 Å². The van der Waals surface area contributed by atoms with E-state index in [4.69, 9.17) is 0 Å². The van der Waals surface area contributed by atoms with Crippen LogP contribution in [0.25, 0.3) is 0 Å². The Hall–Kier alpha value is -0.260. The molecule has 0 spiro atoms. The van der Waals surface area contributed by atoms with Gasteiger partial charge in [-0.1, -0.05) is 19.1 Å². The molecule has 0 bridgehead atoms. The third-order valence-corrected chi connectivity index (χ3v) is 0.500. The second kappa shape index (κ2) is 2.01. The van der Waals surface area contributed by atoms with Crippen LogP contribution in [0, 0.1) is 6.92 Å². The molecule has 0 heteroatoms. The zero-order chi connectivity index (χ0) is 4.28. The summed E-state index contributed by atoms with van der Waals surface area (Å²) in [5.41, 5.74) is 1.00. The average Bonchev–Trinajstić information content (AvgIpc) is 1.38. The summed E-state index contributed by atoms with van der Waals surface area (Å²) in [4.78, 5) is 0. The molecule has 0 nitrogen and oxygen atoms in total. The minimum Gasteiger partial charge on any atom is -0.0999 e. The molecule has 0 fully saturated rings. The van der Waals surface area contributed by atoms with E-state index in [0.29, 0.717) is 0 Å². The molecule has 0 saturated heterocycles. The van der Waals surface area contributed by atoms with Gasteiger partial charge in [0.15, 0.2) is 0 Å². The van der Waals surface area contributed by atoms with Crippen molar-refractivity contribution in [2.24, 2.45) is 0 Å². The molecule has 0 rings (SSSR count). The first kappa shape index (κ1) is 4.74. The van der Waals surface area contributed by atoms with Gasteiger partial charge in [0, 0.05) is 0 Å². The minimum absolute atomic E-state index is 1.00. The predicted octanol–water partition coefficient (Wildman–Crippen LogP) is 1.79. The molecule has 0 aliphatic carbocycles. The van der Waals surface area contributed by atoms with E-state index in [-0.39, 0.29) is 0 Å². The van der Waals surface area contributed by atoms with E-state index in [1.807, 2.05) is 6.92 Å². The van der Waals surface area contributed by atoms with Crippen LogP contribution in [-0.4, -0.2) is 0 Å². The number of hydrogen-bond acceptors (Lipinski definition) is 0. The molecular formula is C5H9. The van der Waals surface area contributed by atoms with Gasteiger partial charge in [-0.05, 0) is 13.3 Å². The molecule has 0 saturated carbocycles. The van der Waals surface area contributed by atoms with E-state index in [1.165, 1.54) is 0 Å². The van der Waals surface area contributed by atoms with Gasteiger partial charge in [0.2, 0.25) is 0 Å². The van der Waals surface area contributed by atoms with Crippen LogP contribution >= 0.6 is 0 Å². The molecule has 0 N–H and O–H groups in total. The predicted molar refractivity (Wildman–Crippen MR) is 24.8 cm³/mol. The van der Waals surface area contributed by atoms with Crippen LogP contribution in [0.1, 0.15) is 13.3 Å². The lowest BCUT2D eigenvalue weighted by molar-refractivity contribution is 1.16. The van der Waals surface area contributed by atoms with Crippen LogP contribution in [0.2, 0.25) is 0 Å². The van der Waals surface area contributed by atoms with Gasteiger partial charge in [0.05, 0.1) is 0 Å². The largest absolute Gasteiger partial charge is 0.0999 e. The third-order valence-electron chi connectivity index (χ3n) is 0.500. The summed E-state index contributed by atoms with van der Waals surface area (Å²) >= 11 is 0. The minimum atomic E-state index is 1.00. The lowest BCUT2D eigenvalue weighted by atomic mass is 10.3. The van der Waals surface area contributed by atoms with E-state index in [2.05, 4.69) is 13.5 Å². The Labute approximate surface area is 33.5 Å². The van der Waals surface area contributed by atoms with Crippen LogP contribution in [0.3, 0.4) is 0 Å². The normalized spacial score (nSPS) is 7.60. The molecule has 0 aliphatic rings. The Morgan fingerprint density at radius 2 is 2.00 bits per heavy atom. The van der Waals surface area contributed by atoms with Gasteiger partial charge < -0.3 is 0 Å². The molecule has 0 atom stereocenters. The summed E-state index contributed by atoms with van der Waals surface area (Å²) in [5.74, 6) is 0. The maximum Gasteiger partial charge on any atom is -0.0286 e. The highest BCUT2D eigenvalue weighted by atomic mass is 13.7. The van der Waals surface area contributed by atoms with Gasteiger partial charge in [-0.15, -0.1) is 0 Å². The van der Waals surface area contributed by atoms with E-state index < -0.39 is 0 Å². The SMILES string of the molecule is [CH2]C(=C)CC. The van der Waals surface area contributed by atoms with Gasteiger partial charge in [-0.3, -0.25) is 0 Å². The molecule has 29 valence electrons. The molecule has 0 aromatic carbocycles. The van der Waals surface area contributed by atoms with Crippen molar-refractivity contribution in [2.75, 3.05) is 0 Å². The van der Waals surface area contributed by atoms with Crippen molar-refractivity contribution in [1.82, 2.24) is 0 Å².